The maximum Gasteiger partial charge on any atom is 0.259 e. The molecule has 2 amide bonds. The minimum absolute atomic E-state index is 0.0899. The number of fused-ring (bicyclic) bond motifs is 2. The number of anilines is 1. The molecule has 0 radical (unpaired) electrons. The van der Waals surface area contributed by atoms with Crippen molar-refractivity contribution in [2.45, 2.75) is 6.10 Å². The predicted octanol–water partition coefficient (Wildman–Crippen LogP) is 1.47. The van der Waals surface area contributed by atoms with Gasteiger partial charge in [-0.05, 0) is 17.7 Å². The van der Waals surface area contributed by atoms with Gasteiger partial charge < -0.3 is 10.4 Å². The Hall–Kier alpha value is -2.66. The molecule has 1 unspecified atom stereocenters. The lowest BCUT2D eigenvalue weighted by atomic mass is 9.97. The van der Waals surface area contributed by atoms with Crippen LogP contribution in [0, 0.1) is 0 Å². The number of benzene rings is 2. The molecule has 0 spiro atoms. The van der Waals surface area contributed by atoms with Gasteiger partial charge in [0.25, 0.3) is 5.91 Å². The minimum atomic E-state index is -0.897. The average molecular weight is 296 g/mol. The Morgan fingerprint density at radius 3 is 2.50 bits per heavy atom. The number of likely N-dealkylation sites (N-methyl/N-ethyl adjacent to an activating group) is 1. The van der Waals surface area contributed by atoms with Crippen molar-refractivity contribution < 1.29 is 14.7 Å². The SMILES string of the molecule is CNC(=O)CN1C(=O)c2ccccc2C(O)c2ccccc21. The van der Waals surface area contributed by atoms with Gasteiger partial charge in [-0.15, -0.1) is 0 Å². The van der Waals surface area contributed by atoms with Gasteiger partial charge in [-0.25, -0.2) is 0 Å². The fourth-order valence-corrected chi connectivity index (χ4v) is 2.70. The number of nitrogens with zero attached hydrogens (tertiary/aromatic N) is 1. The van der Waals surface area contributed by atoms with Crippen LogP contribution in [0.2, 0.25) is 0 Å². The number of carbonyl (C=O) groups is 2. The number of amides is 2. The number of hydrogen-bond acceptors (Lipinski definition) is 3. The summed E-state index contributed by atoms with van der Waals surface area (Å²) in [6.45, 7) is -0.0899. The van der Waals surface area contributed by atoms with Crippen molar-refractivity contribution >= 4 is 17.5 Å². The van der Waals surface area contributed by atoms with Gasteiger partial charge in [0.05, 0.1) is 5.69 Å². The van der Waals surface area contributed by atoms with Crippen LogP contribution in [0.1, 0.15) is 27.6 Å². The first-order valence-corrected chi connectivity index (χ1v) is 7.02. The van der Waals surface area contributed by atoms with Gasteiger partial charge in [-0.1, -0.05) is 36.4 Å². The van der Waals surface area contributed by atoms with Gasteiger partial charge in [0, 0.05) is 18.2 Å². The highest BCUT2D eigenvalue weighted by atomic mass is 16.3. The van der Waals surface area contributed by atoms with Crippen molar-refractivity contribution in [1.82, 2.24) is 5.32 Å². The Kier molecular flexibility index (Phi) is 3.65. The summed E-state index contributed by atoms with van der Waals surface area (Å²) in [7, 11) is 1.53. The van der Waals surface area contributed by atoms with E-state index in [1.165, 1.54) is 11.9 Å². The molecule has 3 rings (SSSR count). The van der Waals surface area contributed by atoms with Gasteiger partial charge in [-0.2, -0.15) is 0 Å². The summed E-state index contributed by atoms with van der Waals surface area (Å²) in [5, 5.41) is 13.2. The van der Waals surface area contributed by atoms with Crippen LogP contribution in [0.4, 0.5) is 5.69 Å². The average Bonchev–Trinajstić information content (AvgIpc) is 2.65. The molecular weight excluding hydrogens is 280 g/mol. The van der Waals surface area contributed by atoms with Crippen molar-refractivity contribution in [2.75, 3.05) is 18.5 Å². The molecule has 0 saturated heterocycles. The molecule has 2 aromatic rings. The smallest absolute Gasteiger partial charge is 0.259 e. The molecule has 0 aliphatic carbocycles. The van der Waals surface area contributed by atoms with Crippen LogP contribution in [0.15, 0.2) is 48.5 Å². The van der Waals surface area contributed by atoms with E-state index in [0.717, 1.165) is 0 Å². The second kappa shape index (κ2) is 5.61. The van der Waals surface area contributed by atoms with Gasteiger partial charge in [0.2, 0.25) is 5.91 Å². The van der Waals surface area contributed by atoms with Crippen molar-refractivity contribution in [1.29, 1.82) is 0 Å². The van der Waals surface area contributed by atoms with E-state index in [9.17, 15) is 14.7 Å². The Bertz CT molecular complexity index is 742. The summed E-state index contributed by atoms with van der Waals surface area (Å²) in [6.07, 6.45) is -0.897. The highest BCUT2D eigenvalue weighted by Crippen LogP contribution is 2.36. The van der Waals surface area contributed by atoms with Crippen LogP contribution in [-0.2, 0) is 4.79 Å². The molecule has 1 aliphatic heterocycles. The third-order valence-electron chi connectivity index (χ3n) is 3.83. The van der Waals surface area contributed by atoms with Crippen LogP contribution >= 0.6 is 0 Å². The van der Waals surface area contributed by atoms with E-state index in [4.69, 9.17) is 0 Å². The van der Waals surface area contributed by atoms with Crippen LogP contribution < -0.4 is 10.2 Å². The molecule has 1 aliphatic rings. The highest BCUT2D eigenvalue weighted by Gasteiger charge is 2.31. The number of aliphatic hydroxyl groups is 1. The van der Waals surface area contributed by atoms with E-state index in [0.29, 0.717) is 22.4 Å². The standard InChI is InChI=1S/C17H16N2O3/c1-18-15(20)10-19-14-9-5-4-8-13(14)16(21)11-6-2-3-7-12(11)17(19)22/h2-9,16,21H,10H2,1H3,(H,18,20). The molecule has 0 aromatic heterocycles. The lowest BCUT2D eigenvalue weighted by Gasteiger charge is -2.22. The Labute approximate surface area is 128 Å². The van der Waals surface area contributed by atoms with Crippen molar-refractivity contribution in [3.8, 4) is 0 Å². The van der Waals surface area contributed by atoms with Crippen molar-refractivity contribution in [2.24, 2.45) is 0 Å². The Morgan fingerprint density at radius 1 is 1.14 bits per heavy atom. The summed E-state index contributed by atoms with van der Waals surface area (Å²) in [5.74, 6) is -0.555. The number of nitrogens with one attached hydrogen (secondary N) is 1. The zero-order valence-corrected chi connectivity index (χ0v) is 12.1. The maximum absolute atomic E-state index is 12.8. The number of aliphatic hydroxyl groups excluding tert-OH is 1. The highest BCUT2D eigenvalue weighted by molar-refractivity contribution is 6.11. The molecule has 2 aromatic carbocycles. The molecule has 1 heterocycles. The van der Waals surface area contributed by atoms with Crippen LogP contribution in [0.3, 0.4) is 0 Å². The first-order chi connectivity index (χ1) is 10.6. The molecule has 0 saturated carbocycles. The molecule has 5 heteroatoms. The Balaban J connectivity index is 2.20. The van der Waals surface area contributed by atoms with Gasteiger partial charge in [0.1, 0.15) is 12.6 Å². The zero-order chi connectivity index (χ0) is 15.7. The van der Waals surface area contributed by atoms with E-state index in [2.05, 4.69) is 5.32 Å². The lowest BCUT2D eigenvalue weighted by Crippen LogP contribution is -2.39. The molecule has 0 fully saturated rings. The largest absolute Gasteiger partial charge is 0.384 e. The zero-order valence-electron chi connectivity index (χ0n) is 12.1. The summed E-state index contributed by atoms with van der Waals surface area (Å²) in [6, 6.07) is 14.0. The molecule has 112 valence electrons. The van der Waals surface area contributed by atoms with E-state index < -0.39 is 6.10 Å². The van der Waals surface area contributed by atoms with E-state index in [-0.39, 0.29) is 18.4 Å². The maximum atomic E-state index is 12.8. The van der Waals surface area contributed by atoms with Crippen LogP contribution in [0.25, 0.3) is 0 Å². The first kappa shape index (κ1) is 14.3. The Morgan fingerprint density at radius 2 is 1.77 bits per heavy atom. The number of carbonyl (C=O) groups excluding carboxylic acids is 2. The summed E-state index contributed by atoms with van der Waals surface area (Å²) in [5.41, 5.74) is 2.14. The van der Waals surface area contributed by atoms with E-state index in [1.54, 1.807) is 48.5 Å². The van der Waals surface area contributed by atoms with E-state index >= 15 is 0 Å². The van der Waals surface area contributed by atoms with E-state index in [1.807, 2.05) is 0 Å². The van der Waals surface area contributed by atoms with Crippen molar-refractivity contribution in [3.63, 3.8) is 0 Å². The third-order valence-corrected chi connectivity index (χ3v) is 3.83. The number of hydrogen-bond donors (Lipinski definition) is 2. The second-order valence-corrected chi connectivity index (χ2v) is 5.11. The third kappa shape index (κ3) is 2.25. The summed E-state index contributed by atoms with van der Waals surface area (Å²) in [4.78, 5) is 26.0. The monoisotopic (exact) mass is 296 g/mol. The topological polar surface area (TPSA) is 69.6 Å². The first-order valence-electron chi connectivity index (χ1n) is 7.02. The predicted molar refractivity (Wildman–Crippen MR) is 82.7 cm³/mol. The van der Waals surface area contributed by atoms with Gasteiger partial charge in [0.15, 0.2) is 0 Å². The quantitative estimate of drug-likeness (QED) is 0.882. The fraction of sp³-hybridized carbons (Fsp3) is 0.176. The molecule has 5 nitrogen and oxygen atoms in total. The number of para-hydroxylation sites is 1. The van der Waals surface area contributed by atoms with Crippen molar-refractivity contribution in [3.05, 3.63) is 65.2 Å². The lowest BCUT2D eigenvalue weighted by molar-refractivity contribution is -0.119. The molecular formula is C17H16N2O3. The van der Waals surface area contributed by atoms with Crippen LogP contribution in [0.5, 0.6) is 0 Å². The van der Waals surface area contributed by atoms with Crippen LogP contribution in [-0.4, -0.2) is 30.5 Å². The normalized spacial score (nSPS) is 16.5. The number of rotatable bonds is 2. The van der Waals surface area contributed by atoms with Gasteiger partial charge >= 0.3 is 0 Å². The summed E-state index contributed by atoms with van der Waals surface area (Å²) >= 11 is 0. The minimum Gasteiger partial charge on any atom is -0.384 e. The summed E-state index contributed by atoms with van der Waals surface area (Å²) < 4.78 is 0. The molecule has 0 bridgehead atoms. The molecule has 2 N–H and O–H groups in total. The van der Waals surface area contributed by atoms with Gasteiger partial charge in [-0.3, -0.25) is 14.5 Å². The molecule has 1 atom stereocenters. The fourth-order valence-electron chi connectivity index (χ4n) is 2.70. The second-order valence-electron chi connectivity index (χ2n) is 5.11. The molecule has 22 heavy (non-hydrogen) atoms.